The Bertz CT molecular complexity index is 576. The van der Waals surface area contributed by atoms with E-state index in [1.165, 1.54) is 25.2 Å². The van der Waals surface area contributed by atoms with E-state index in [1.54, 1.807) is 7.05 Å². The number of nitrogens with zero attached hydrogens (tertiary/aromatic N) is 2. The number of hydrogen-bond donors (Lipinski definition) is 1. The standard InChI is InChI=1S/C10H14BrN3O4S/c1-12-5-6-13(2)19(17,18)10-7-8(11)3-4-9(10)14(15)16/h3-4,7,12H,5-6H2,1-2H3. The van der Waals surface area contributed by atoms with Crippen LogP contribution in [0.4, 0.5) is 5.69 Å². The van der Waals surface area contributed by atoms with Crippen molar-refractivity contribution < 1.29 is 13.3 Å². The third-order valence-electron chi connectivity index (χ3n) is 2.48. The van der Waals surface area contributed by atoms with E-state index >= 15 is 0 Å². The Labute approximate surface area is 119 Å². The molecule has 0 aromatic heterocycles. The monoisotopic (exact) mass is 351 g/mol. The summed E-state index contributed by atoms with van der Waals surface area (Å²) in [5.74, 6) is 0. The maximum absolute atomic E-state index is 12.3. The van der Waals surface area contributed by atoms with Gasteiger partial charge in [0.2, 0.25) is 10.0 Å². The summed E-state index contributed by atoms with van der Waals surface area (Å²) in [6.45, 7) is 0.681. The molecule has 0 aliphatic rings. The number of nitro benzene ring substituents is 1. The molecule has 9 heteroatoms. The van der Waals surface area contributed by atoms with Gasteiger partial charge in [0, 0.05) is 30.7 Å². The third kappa shape index (κ3) is 3.72. The van der Waals surface area contributed by atoms with Crippen LogP contribution in [0.3, 0.4) is 0 Å². The topological polar surface area (TPSA) is 92.6 Å². The second-order valence-corrected chi connectivity index (χ2v) is 6.73. The Hall–Kier alpha value is -1.03. The molecule has 0 saturated heterocycles. The Kier molecular flexibility index (Phi) is 5.41. The number of nitro groups is 1. The zero-order valence-corrected chi connectivity index (χ0v) is 12.9. The largest absolute Gasteiger partial charge is 0.318 e. The summed E-state index contributed by atoms with van der Waals surface area (Å²) < 4.78 is 26.1. The normalized spacial score (nSPS) is 11.8. The summed E-state index contributed by atoms with van der Waals surface area (Å²) in [6.07, 6.45) is 0. The van der Waals surface area contributed by atoms with Gasteiger partial charge in [-0.05, 0) is 19.2 Å². The van der Waals surface area contributed by atoms with Crippen LogP contribution in [0.1, 0.15) is 0 Å². The minimum absolute atomic E-state index is 0.225. The van der Waals surface area contributed by atoms with Gasteiger partial charge in [0.25, 0.3) is 5.69 Å². The maximum atomic E-state index is 12.3. The molecule has 0 atom stereocenters. The van der Waals surface area contributed by atoms with Crippen LogP contribution in [0, 0.1) is 10.1 Å². The van der Waals surface area contributed by atoms with Crippen molar-refractivity contribution in [1.29, 1.82) is 0 Å². The fraction of sp³-hybridized carbons (Fsp3) is 0.400. The van der Waals surface area contributed by atoms with Crippen molar-refractivity contribution in [2.24, 2.45) is 0 Å². The van der Waals surface area contributed by atoms with E-state index in [1.807, 2.05) is 0 Å². The smallest absolute Gasteiger partial charge is 0.289 e. The second-order valence-electron chi connectivity index (χ2n) is 3.80. The molecule has 0 aliphatic carbocycles. The van der Waals surface area contributed by atoms with E-state index in [0.717, 1.165) is 4.31 Å². The van der Waals surface area contributed by atoms with Crippen molar-refractivity contribution in [3.63, 3.8) is 0 Å². The number of sulfonamides is 1. The molecule has 1 aromatic carbocycles. The zero-order chi connectivity index (χ0) is 14.6. The van der Waals surface area contributed by atoms with E-state index in [-0.39, 0.29) is 11.4 Å². The first-order valence-electron chi connectivity index (χ1n) is 5.35. The van der Waals surface area contributed by atoms with Crippen molar-refractivity contribution in [1.82, 2.24) is 9.62 Å². The molecule has 7 nitrogen and oxygen atoms in total. The Morgan fingerprint density at radius 2 is 2.11 bits per heavy atom. The second kappa shape index (κ2) is 6.42. The van der Waals surface area contributed by atoms with E-state index in [9.17, 15) is 18.5 Å². The average molecular weight is 352 g/mol. The van der Waals surface area contributed by atoms with Crippen LogP contribution in [0.5, 0.6) is 0 Å². The summed E-state index contributed by atoms with van der Waals surface area (Å²) in [6, 6.07) is 3.84. The molecule has 1 aromatic rings. The van der Waals surface area contributed by atoms with Gasteiger partial charge in [-0.2, -0.15) is 4.31 Å². The molecule has 1 N–H and O–H groups in total. The van der Waals surface area contributed by atoms with Gasteiger partial charge < -0.3 is 5.32 Å². The van der Waals surface area contributed by atoms with Crippen molar-refractivity contribution in [2.45, 2.75) is 4.90 Å². The SMILES string of the molecule is CNCCN(C)S(=O)(=O)c1cc(Br)ccc1[N+](=O)[O-]. The summed E-state index contributed by atoms with van der Waals surface area (Å²) in [7, 11) is -0.805. The molecule has 0 amide bonds. The summed E-state index contributed by atoms with van der Waals surface area (Å²) in [4.78, 5) is 9.89. The minimum atomic E-state index is -3.89. The van der Waals surface area contributed by atoms with Gasteiger partial charge >= 0.3 is 0 Å². The van der Waals surface area contributed by atoms with Gasteiger partial charge in [-0.3, -0.25) is 10.1 Å². The lowest BCUT2D eigenvalue weighted by molar-refractivity contribution is -0.387. The molecule has 0 unspecified atom stereocenters. The van der Waals surface area contributed by atoms with Gasteiger partial charge in [-0.1, -0.05) is 15.9 Å². The fourth-order valence-electron chi connectivity index (χ4n) is 1.40. The van der Waals surface area contributed by atoms with E-state index < -0.39 is 20.6 Å². The van der Waals surface area contributed by atoms with Gasteiger partial charge in [-0.15, -0.1) is 0 Å². The lowest BCUT2D eigenvalue weighted by Gasteiger charge is -2.17. The molecule has 0 spiro atoms. The highest BCUT2D eigenvalue weighted by molar-refractivity contribution is 9.10. The molecule has 19 heavy (non-hydrogen) atoms. The number of hydrogen-bond acceptors (Lipinski definition) is 5. The van der Waals surface area contributed by atoms with Crippen molar-refractivity contribution in [2.75, 3.05) is 27.2 Å². The maximum Gasteiger partial charge on any atom is 0.289 e. The van der Waals surface area contributed by atoms with Crippen LogP contribution in [0.2, 0.25) is 0 Å². The van der Waals surface area contributed by atoms with Crippen LogP contribution in [-0.4, -0.2) is 44.8 Å². The fourth-order valence-corrected chi connectivity index (χ4v) is 3.27. The molecule has 106 valence electrons. The predicted molar refractivity (Wildman–Crippen MR) is 74.5 cm³/mol. The molecule has 0 saturated carbocycles. The van der Waals surface area contributed by atoms with E-state index in [0.29, 0.717) is 11.0 Å². The first-order valence-corrected chi connectivity index (χ1v) is 7.59. The highest BCUT2D eigenvalue weighted by atomic mass is 79.9. The first-order chi connectivity index (χ1) is 8.80. The van der Waals surface area contributed by atoms with Gasteiger partial charge in [0.05, 0.1) is 4.92 Å². The number of rotatable bonds is 6. The van der Waals surface area contributed by atoms with E-state index in [4.69, 9.17) is 0 Å². The Morgan fingerprint density at radius 3 is 2.63 bits per heavy atom. The number of nitrogens with one attached hydrogen (secondary N) is 1. The minimum Gasteiger partial charge on any atom is -0.318 e. The molecular formula is C10H14BrN3O4S. The van der Waals surface area contributed by atoms with Gasteiger partial charge in [-0.25, -0.2) is 8.42 Å². The number of benzene rings is 1. The first kappa shape index (κ1) is 16.0. The van der Waals surface area contributed by atoms with Crippen LogP contribution < -0.4 is 5.32 Å². The van der Waals surface area contributed by atoms with Crippen molar-refractivity contribution in [3.05, 3.63) is 32.8 Å². The zero-order valence-electron chi connectivity index (χ0n) is 10.5. The lowest BCUT2D eigenvalue weighted by atomic mass is 10.3. The molecule has 0 bridgehead atoms. The third-order valence-corrected chi connectivity index (χ3v) is 4.86. The number of halogens is 1. The summed E-state index contributed by atoms with van der Waals surface area (Å²) in [5.41, 5.74) is -0.431. The highest BCUT2D eigenvalue weighted by Gasteiger charge is 2.29. The van der Waals surface area contributed by atoms with Crippen LogP contribution in [0.25, 0.3) is 0 Å². The van der Waals surface area contributed by atoms with Crippen LogP contribution in [0.15, 0.2) is 27.6 Å². The summed E-state index contributed by atoms with van der Waals surface area (Å²) in [5, 5.41) is 13.7. The van der Waals surface area contributed by atoms with Gasteiger partial charge in [0.15, 0.2) is 4.90 Å². The molecule has 0 aliphatic heterocycles. The quantitative estimate of drug-likeness (QED) is 0.613. The van der Waals surface area contributed by atoms with Crippen molar-refractivity contribution in [3.8, 4) is 0 Å². The molecule has 1 rings (SSSR count). The van der Waals surface area contributed by atoms with E-state index in [2.05, 4.69) is 21.2 Å². The molecular weight excluding hydrogens is 338 g/mol. The van der Waals surface area contributed by atoms with Gasteiger partial charge in [0.1, 0.15) is 0 Å². The van der Waals surface area contributed by atoms with Crippen LogP contribution in [-0.2, 0) is 10.0 Å². The molecule has 0 fully saturated rings. The molecule has 0 radical (unpaired) electrons. The summed E-state index contributed by atoms with van der Waals surface area (Å²) >= 11 is 3.12. The van der Waals surface area contributed by atoms with Crippen molar-refractivity contribution >= 4 is 31.6 Å². The highest BCUT2D eigenvalue weighted by Crippen LogP contribution is 2.29. The Balaban J connectivity index is 3.27. The predicted octanol–water partition coefficient (Wildman–Crippen LogP) is 1.20. The van der Waals surface area contributed by atoms with Crippen LogP contribution >= 0.6 is 15.9 Å². The average Bonchev–Trinajstić information content (AvgIpc) is 2.35. The Morgan fingerprint density at radius 1 is 1.47 bits per heavy atom. The number of likely N-dealkylation sites (N-methyl/N-ethyl adjacent to an activating group) is 2. The molecule has 0 heterocycles. The lowest BCUT2D eigenvalue weighted by Crippen LogP contribution is -2.33.